The Morgan fingerprint density at radius 2 is 1.73 bits per heavy atom. The minimum Gasteiger partial charge on any atom is -0.444 e. The average molecular weight is 312 g/mol. The van der Waals surface area contributed by atoms with Crippen LogP contribution in [-0.2, 0) is 4.74 Å². The molecule has 0 bridgehead atoms. The molecule has 2 heterocycles. The summed E-state index contributed by atoms with van der Waals surface area (Å²) in [4.78, 5) is 29.7. The molecule has 0 aromatic carbocycles. The Morgan fingerprint density at radius 1 is 1.14 bits per heavy atom. The summed E-state index contributed by atoms with van der Waals surface area (Å²) in [5.74, 6) is 0. The molecule has 2 aliphatic heterocycles. The molecular weight excluding hydrogens is 284 g/mol. The molecule has 22 heavy (non-hydrogen) atoms. The summed E-state index contributed by atoms with van der Waals surface area (Å²) in [5.41, 5.74) is 5.34. The highest BCUT2D eigenvalue weighted by Crippen LogP contribution is 2.20. The first-order valence-corrected chi connectivity index (χ1v) is 7.92. The van der Waals surface area contributed by atoms with Gasteiger partial charge in [0.15, 0.2) is 0 Å². The van der Waals surface area contributed by atoms with Crippen LogP contribution in [0.5, 0.6) is 0 Å². The lowest BCUT2D eigenvalue weighted by Gasteiger charge is -2.29. The number of urea groups is 1. The third-order valence-electron chi connectivity index (χ3n) is 4.16. The van der Waals surface area contributed by atoms with Gasteiger partial charge in [0.2, 0.25) is 0 Å². The molecule has 126 valence electrons. The van der Waals surface area contributed by atoms with E-state index in [1.54, 1.807) is 16.8 Å². The van der Waals surface area contributed by atoms with E-state index in [9.17, 15) is 9.59 Å². The monoisotopic (exact) mass is 312 g/mol. The van der Waals surface area contributed by atoms with E-state index in [0.717, 1.165) is 19.4 Å². The number of amides is 3. The van der Waals surface area contributed by atoms with Crippen molar-refractivity contribution in [3.8, 4) is 0 Å². The number of nitrogens with two attached hydrogens (primary N) is 1. The molecule has 0 saturated carbocycles. The molecule has 2 atom stereocenters. The van der Waals surface area contributed by atoms with Crippen molar-refractivity contribution in [3.05, 3.63) is 0 Å². The fourth-order valence-corrected chi connectivity index (χ4v) is 2.88. The second-order valence-electron chi connectivity index (χ2n) is 7.26. The number of carbonyl (C=O) groups is 2. The van der Waals surface area contributed by atoms with Gasteiger partial charge in [0.05, 0.1) is 6.04 Å². The summed E-state index contributed by atoms with van der Waals surface area (Å²) in [6, 6.07) is 0.134. The summed E-state index contributed by atoms with van der Waals surface area (Å²) >= 11 is 0. The van der Waals surface area contributed by atoms with E-state index in [1.807, 2.05) is 25.7 Å². The first-order chi connectivity index (χ1) is 10.2. The van der Waals surface area contributed by atoms with E-state index in [-0.39, 0.29) is 24.2 Å². The second-order valence-corrected chi connectivity index (χ2v) is 7.26. The highest BCUT2D eigenvalue weighted by molar-refractivity contribution is 5.75. The Morgan fingerprint density at radius 3 is 2.27 bits per heavy atom. The molecule has 7 heteroatoms. The third kappa shape index (κ3) is 4.03. The minimum atomic E-state index is -0.509. The maximum absolute atomic E-state index is 12.4. The van der Waals surface area contributed by atoms with Crippen molar-refractivity contribution in [1.82, 2.24) is 14.7 Å². The van der Waals surface area contributed by atoms with Crippen LogP contribution in [0, 0.1) is 0 Å². The number of hydrogen-bond acceptors (Lipinski definition) is 4. The maximum atomic E-state index is 12.4. The lowest BCUT2D eigenvalue weighted by molar-refractivity contribution is 0.0229. The fourth-order valence-electron chi connectivity index (χ4n) is 2.88. The molecule has 1 unspecified atom stereocenters. The molecule has 3 amide bonds. The van der Waals surface area contributed by atoms with E-state index < -0.39 is 5.60 Å². The first kappa shape index (κ1) is 16.9. The normalized spacial score (nSPS) is 25.5. The van der Waals surface area contributed by atoms with Gasteiger partial charge >= 0.3 is 12.1 Å². The van der Waals surface area contributed by atoms with Gasteiger partial charge in [-0.1, -0.05) is 0 Å². The predicted molar refractivity (Wildman–Crippen MR) is 83.5 cm³/mol. The van der Waals surface area contributed by atoms with Crippen molar-refractivity contribution in [2.45, 2.75) is 51.3 Å². The molecular formula is C15H28N4O3. The summed E-state index contributed by atoms with van der Waals surface area (Å²) < 4.78 is 5.38. The van der Waals surface area contributed by atoms with Gasteiger partial charge < -0.3 is 25.2 Å². The van der Waals surface area contributed by atoms with E-state index in [1.165, 1.54) is 0 Å². The fraction of sp³-hybridized carbons (Fsp3) is 0.867. The highest BCUT2D eigenvalue weighted by Gasteiger charge is 2.35. The standard InChI is InChI=1S/C15H28N4O3/c1-15(2,3)22-14(21)17(4)12-6-8-19(10-12)13(20)18-7-5-11(16)9-18/h11-12H,5-10,16H2,1-4H3/t11-,12?/m1/s1. The molecule has 7 nitrogen and oxygen atoms in total. The Bertz CT molecular complexity index is 435. The second kappa shape index (κ2) is 6.32. The van der Waals surface area contributed by atoms with Crippen LogP contribution < -0.4 is 5.73 Å². The van der Waals surface area contributed by atoms with Crippen molar-refractivity contribution >= 4 is 12.1 Å². The summed E-state index contributed by atoms with van der Waals surface area (Å²) in [5, 5.41) is 0. The van der Waals surface area contributed by atoms with Gasteiger partial charge in [-0.2, -0.15) is 0 Å². The molecule has 2 fully saturated rings. The zero-order valence-corrected chi connectivity index (χ0v) is 14.0. The van der Waals surface area contributed by atoms with E-state index in [4.69, 9.17) is 10.5 Å². The zero-order valence-electron chi connectivity index (χ0n) is 14.0. The van der Waals surface area contributed by atoms with Crippen LogP contribution in [-0.4, -0.2) is 77.7 Å². The molecule has 0 aliphatic carbocycles. The Hall–Kier alpha value is -1.50. The van der Waals surface area contributed by atoms with Gasteiger partial charge in [-0.25, -0.2) is 9.59 Å². The largest absolute Gasteiger partial charge is 0.444 e. The highest BCUT2D eigenvalue weighted by atomic mass is 16.6. The van der Waals surface area contributed by atoms with Crippen molar-refractivity contribution < 1.29 is 14.3 Å². The Balaban J connectivity index is 1.86. The maximum Gasteiger partial charge on any atom is 0.410 e. The van der Waals surface area contributed by atoms with Crippen molar-refractivity contribution in [1.29, 1.82) is 0 Å². The van der Waals surface area contributed by atoms with Crippen molar-refractivity contribution in [3.63, 3.8) is 0 Å². The van der Waals surface area contributed by atoms with Gasteiger partial charge in [-0.15, -0.1) is 0 Å². The molecule has 2 aliphatic rings. The number of carbonyl (C=O) groups excluding carboxylic acids is 2. The van der Waals surface area contributed by atoms with Crippen LogP contribution >= 0.6 is 0 Å². The first-order valence-electron chi connectivity index (χ1n) is 7.92. The molecule has 0 spiro atoms. The molecule has 2 N–H and O–H groups in total. The van der Waals surface area contributed by atoms with Gasteiger partial charge in [0, 0.05) is 39.3 Å². The Labute approximate surface area is 132 Å². The van der Waals surface area contributed by atoms with Crippen LogP contribution in [0.4, 0.5) is 9.59 Å². The van der Waals surface area contributed by atoms with Crippen LogP contribution in [0.25, 0.3) is 0 Å². The topological polar surface area (TPSA) is 79.1 Å². The average Bonchev–Trinajstić information content (AvgIpc) is 3.03. The summed E-state index contributed by atoms with van der Waals surface area (Å²) in [7, 11) is 1.73. The van der Waals surface area contributed by atoms with Crippen molar-refractivity contribution in [2.75, 3.05) is 33.2 Å². The predicted octanol–water partition coefficient (Wildman–Crippen LogP) is 1.08. The number of ether oxygens (including phenoxy) is 1. The van der Waals surface area contributed by atoms with E-state index in [2.05, 4.69) is 0 Å². The van der Waals surface area contributed by atoms with Crippen LogP contribution in [0.3, 0.4) is 0 Å². The van der Waals surface area contributed by atoms with E-state index in [0.29, 0.717) is 19.6 Å². The minimum absolute atomic E-state index is 0.00933. The van der Waals surface area contributed by atoms with Crippen LogP contribution in [0.2, 0.25) is 0 Å². The third-order valence-corrected chi connectivity index (χ3v) is 4.16. The van der Waals surface area contributed by atoms with Gasteiger partial charge in [0.25, 0.3) is 0 Å². The summed E-state index contributed by atoms with van der Waals surface area (Å²) in [6.07, 6.45) is 1.30. The number of likely N-dealkylation sites (N-methyl/N-ethyl adjacent to an activating group) is 1. The van der Waals surface area contributed by atoms with Gasteiger partial charge in [0.1, 0.15) is 5.60 Å². The number of rotatable bonds is 1. The number of hydrogen-bond donors (Lipinski definition) is 1. The molecule has 0 radical (unpaired) electrons. The van der Waals surface area contributed by atoms with Crippen molar-refractivity contribution in [2.24, 2.45) is 5.73 Å². The molecule has 0 aromatic heterocycles. The van der Waals surface area contributed by atoms with Crippen LogP contribution in [0.1, 0.15) is 33.6 Å². The SMILES string of the molecule is CN(C(=O)OC(C)(C)C)C1CCN(C(=O)N2CC[C@@H](N)C2)C1. The van der Waals surface area contributed by atoms with E-state index >= 15 is 0 Å². The van der Waals surface area contributed by atoms with Crippen LogP contribution in [0.15, 0.2) is 0 Å². The Kier molecular flexibility index (Phi) is 4.84. The smallest absolute Gasteiger partial charge is 0.410 e. The summed E-state index contributed by atoms with van der Waals surface area (Å²) in [6.45, 7) is 8.12. The quantitative estimate of drug-likeness (QED) is 0.786. The lowest BCUT2D eigenvalue weighted by atomic mass is 10.2. The van der Waals surface area contributed by atoms with Gasteiger partial charge in [-0.05, 0) is 33.6 Å². The lowest BCUT2D eigenvalue weighted by Crippen LogP contribution is -2.45. The number of nitrogens with zero attached hydrogens (tertiary/aromatic N) is 3. The molecule has 0 aromatic rings. The molecule has 2 saturated heterocycles. The zero-order chi connectivity index (χ0) is 16.5. The van der Waals surface area contributed by atoms with Gasteiger partial charge in [-0.3, -0.25) is 0 Å². The number of likely N-dealkylation sites (tertiary alicyclic amines) is 2. The molecule has 2 rings (SSSR count).